The summed E-state index contributed by atoms with van der Waals surface area (Å²) in [7, 11) is 1.69. The van der Waals surface area contributed by atoms with Gasteiger partial charge in [0.2, 0.25) is 0 Å². The highest BCUT2D eigenvalue weighted by Gasteiger charge is 2.20. The minimum Gasteiger partial charge on any atom is -0.496 e. The summed E-state index contributed by atoms with van der Waals surface area (Å²) in [5.41, 5.74) is 1.07. The maximum atomic E-state index is 5.55. The monoisotopic (exact) mass is 323 g/mol. The first kappa shape index (κ1) is 14.2. The van der Waals surface area contributed by atoms with Crippen LogP contribution in [0.15, 0.2) is 45.5 Å². The summed E-state index contributed by atoms with van der Waals surface area (Å²) in [6.07, 6.45) is 2.76. The van der Waals surface area contributed by atoms with Gasteiger partial charge in [-0.3, -0.25) is 0 Å². The van der Waals surface area contributed by atoms with Gasteiger partial charge in [-0.15, -0.1) is 0 Å². The van der Waals surface area contributed by atoms with Gasteiger partial charge < -0.3 is 14.5 Å². The smallest absolute Gasteiger partial charge is 0.125 e. The molecule has 0 aliphatic carbocycles. The van der Waals surface area contributed by atoms with Crippen LogP contribution >= 0.6 is 15.9 Å². The predicted octanol–water partition coefficient (Wildman–Crippen LogP) is 4.14. The second-order valence-electron chi connectivity index (χ2n) is 4.29. The molecule has 1 aromatic carbocycles. The van der Waals surface area contributed by atoms with E-state index < -0.39 is 0 Å². The van der Waals surface area contributed by atoms with Crippen molar-refractivity contribution >= 4 is 15.9 Å². The van der Waals surface area contributed by atoms with Gasteiger partial charge in [0.15, 0.2) is 0 Å². The quantitative estimate of drug-likeness (QED) is 0.867. The predicted molar refractivity (Wildman–Crippen MR) is 79.5 cm³/mol. The lowest BCUT2D eigenvalue weighted by Gasteiger charge is -2.19. The number of benzene rings is 1. The average molecular weight is 324 g/mol. The lowest BCUT2D eigenvalue weighted by molar-refractivity contribution is 0.392. The van der Waals surface area contributed by atoms with E-state index in [0.29, 0.717) is 0 Å². The third kappa shape index (κ3) is 3.39. The van der Waals surface area contributed by atoms with Crippen LogP contribution < -0.4 is 10.1 Å². The molecule has 0 aliphatic rings. The highest BCUT2D eigenvalue weighted by molar-refractivity contribution is 9.10. The number of hydrogen-bond donors (Lipinski definition) is 1. The van der Waals surface area contributed by atoms with Gasteiger partial charge in [-0.05, 0) is 43.3 Å². The van der Waals surface area contributed by atoms with Gasteiger partial charge in [-0.25, -0.2) is 0 Å². The van der Waals surface area contributed by atoms with E-state index >= 15 is 0 Å². The zero-order chi connectivity index (χ0) is 13.7. The zero-order valence-electron chi connectivity index (χ0n) is 11.2. The fourth-order valence-corrected chi connectivity index (χ4v) is 2.42. The molecule has 19 heavy (non-hydrogen) atoms. The van der Waals surface area contributed by atoms with E-state index in [4.69, 9.17) is 9.15 Å². The van der Waals surface area contributed by atoms with E-state index in [1.165, 1.54) is 0 Å². The number of rotatable bonds is 6. The Labute approximate surface area is 122 Å². The van der Waals surface area contributed by atoms with Crippen LogP contribution in [0.2, 0.25) is 0 Å². The van der Waals surface area contributed by atoms with Crippen LogP contribution in [0.25, 0.3) is 0 Å². The molecule has 0 saturated heterocycles. The minimum atomic E-state index is 0.00222. The molecular formula is C15H18BrNO2. The van der Waals surface area contributed by atoms with Gasteiger partial charge in [0.05, 0.1) is 19.4 Å². The molecule has 102 valence electrons. The first-order chi connectivity index (χ1) is 9.26. The Morgan fingerprint density at radius 1 is 1.37 bits per heavy atom. The Morgan fingerprint density at radius 3 is 2.84 bits per heavy atom. The Bertz CT molecular complexity index is 511. The molecule has 3 nitrogen and oxygen atoms in total. The van der Waals surface area contributed by atoms with Crippen molar-refractivity contribution in [3.8, 4) is 5.75 Å². The minimum absolute atomic E-state index is 0.00222. The molecular weight excluding hydrogens is 306 g/mol. The second-order valence-corrected chi connectivity index (χ2v) is 5.20. The molecule has 2 rings (SSSR count). The van der Waals surface area contributed by atoms with Crippen LogP contribution in [0, 0.1) is 0 Å². The molecule has 1 heterocycles. The molecule has 0 spiro atoms. The molecule has 0 fully saturated rings. The molecule has 2 aromatic rings. The van der Waals surface area contributed by atoms with Crippen molar-refractivity contribution in [1.29, 1.82) is 0 Å². The summed E-state index contributed by atoms with van der Waals surface area (Å²) in [6.45, 7) is 3.06. The number of ether oxygens (including phenoxy) is 1. The summed E-state index contributed by atoms with van der Waals surface area (Å²) in [5.74, 6) is 1.75. The number of nitrogens with one attached hydrogen (secondary N) is 1. The first-order valence-corrected chi connectivity index (χ1v) is 7.15. The van der Waals surface area contributed by atoms with Gasteiger partial charge in [0.1, 0.15) is 11.5 Å². The second kappa shape index (κ2) is 6.78. The third-order valence-electron chi connectivity index (χ3n) is 2.93. The van der Waals surface area contributed by atoms with Crippen LogP contribution in [0.3, 0.4) is 0 Å². The summed E-state index contributed by atoms with van der Waals surface area (Å²) in [5, 5.41) is 3.50. The van der Waals surface area contributed by atoms with Gasteiger partial charge >= 0.3 is 0 Å². The van der Waals surface area contributed by atoms with E-state index in [2.05, 4.69) is 34.2 Å². The number of halogens is 1. The summed E-state index contributed by atoms with van der Waals surface area (Å²) in [4.78, 5) is 0. The maximum Gasteiger partial charge on any atom is 0.125 e. The van der Waals surface area contributed by atoms with Gasteiger partial charge in [0.25, 0.3) is 0 Å². The van der Waals surface area contributed by atoms with Gasteiger partial charge in [-0.2, -0.15) is 0 Å². The third-order valence-corrected chi connectivity index (χ3v) is 3.42. The largest absolute Gasteiger partial charge is 0.496 e. The van der Waals surface area contributed by atoms with E-state index in [-0.39, 0.29) is 6.04 Å². The van der Waals surface area contributed by atoms with Crippen molar-refractivity contribution in [3.63, 3.8) is 0 Å². The van der Waals surface area contributed by atoms with Crippen LogP contribution in [-0.2, 0) is 0 Å². The van der Waals surface area contributed by atoms with Crippen molar-refractivity contribution in [2.45, 2.75) is 19.4 Å². The Balaban J connectivity index is 2.39. The molecule has 4 heteroatoms. The topological polar surface area (TPSA) is 34.4 Å². The number of furan rings is 1. The lowest BCUT2D eigenvalue weighted by atomic mass is 10.0. The highest BCUT2D eigenvalue weighted by Crippen LogP contribution is 2.32. The Hall–Kier alpha value is -1.26. The first-order valence-electron chi connectivity index (χ1n) is 6.36. The molecule has 0 radical (unpaired) electrons. The number of hydrogen-bond acceptors (Lipinski definition) is 3. The van der Waals surface area contributed by atoms with Crippen LogP contribution in [-0.4, -0.2) is 13.7 Å². The van der Waals surface area contributed by atoms with Crippen molar-refractivity contribution in [1.82, 2.24) is 5.32 Å². The molecule has 0 saturated carbocycles. The summed E-state index contributed by atoms with van der Waals surface area (Å²) < 4.78 is 12.0. The molecule has 1 aromatic heterocycles. The van der Waals surface area contributed by atoms with Crippen LogP contribution in [0.4, 0.5) is 0 Å². The summed E-state index contributed by atoms with van der Waals surface area (Å²) in [6, 6.07) is 9.88. The SMILES string of the molecule is CCCNC(c1ccco1)c1cc(Br)ccc1OC. The molecule has 1 N–H and O–H groups in total. The van der Waals surface area contributed by atoms with Crippen LogP contribution in [0.1, 0.15) is 30.7 Å². The number of methoxy groups -OCH3 is 1. The molecule has 0 bridgehead atoms. The Kier molecular flexibility index (Phi) is 5.05. The summed E-state index contributed by atoms with van der Waals surface area (Å²) >= 11 is 3.51. The molecule has 1 atom stereocenters. The fraction of sp³-hybridized carbons (Fsp3) is 0.333. The van der Waals surface area contributed by atoms with Crippen molar-refractivity contribution in [3.05, 3.63) is 52.4 Å². The zero-order valence-corrected chi connectivity index (χ0v) is 12.7. The van der Waals surface area contributed by atoms with E-state index in [1.54, 1.807) is 13.4 Å². The Morgan fingerprint density at radius 2 is 2.21 bits per heavy atom. The normalized spacial score (nSPS) is 12.4. The molecule has 0 amide bonds. The molecule has 1 unspecified atom stereocenters. The standard InChI is InChI=1S/C15H18BrNO2/c1-3-8-17-15(14-5-4-9-19-14)12-10-11(16)6-7-13(12)18-2/h4-7,9-10,15,17H,3,8H2,1-2H3. The van der Waals surface area contributed by atoms with Gasteiger partial charge in [-0.1, -0.05) is 22.9 Å². The van der Waals surface area contributed by atoms with E-state index in [1.807, 2.05) is 24.3 Å². The fourth-order valence-electron chi connectivity index (χ4n) is 2.04. The van der Waals surface area contributed by atoms with E-state index in [9.17, 15) is 0 Å². The van der Waals surface area contributed by atoms with Crippen molar-refractivity contribution in [2.24, 2.45) is 0 Å². The van der Waals surface area contributed by atoms with Crippen molar-refractivity contribution in [2.75, 3.05) is 13.7 Å². The molecule has 0 aliphatic heterocycles. The van der Waals surface area contributed by atoms with Crippen molar-refractivity contribution < 1.29 is 9.15 Å². The van der Waals surface area contributed by atoms with E-state index in [0.717, 1.165) is 34.5 Å². The van der Waals surface area contributed by atoms with Crippen LogP contribution in [0.5, 0.6) is 5.75 Å². The lowest BCUT2D eigenvalue weighted by Crippen LogP contribution is -2.23. The highest BCUT2D eigenvalue weighted by atomic mass is 79.9. The maximum absolute atomic E-state index is 5.55. The average Bonchev–Trinajstić information content (AvgIpc) is 2.93. The van der Waals surface area contributed by atoms with Gasteiger partial charge in [0, 0.05) is 10.0 Å².